The fourth-order valence-electron chi connectivity index (χ4n) is 4.12. The van der Waals surface area contributed by atoms with Crippen LogP contribution in [0.25, 0.3) is 0 Å². The molecule has 0 saturated carbocycles. The first kappa shape index (κ1) is 22.2. The number of nitrogens with zero attached hydrogens (tertiary/aromatic N) is 3. The Labute approximate surface area is 179 Å². The van der Waals surface area contributed by atoms with E-state index in [-0.39, 0.29) is 5.41 Å². The van der Waals surface area contributed by atoms with Crippen molar-refractivity contribution in [3.63, 3.8) is 0 Å². The molecule has 0 bridgehead atoms. The third-order valence-electron chi connectivity index (χ3n) is 6.14. The highest BCUT2D eigenvalue weighted by Crippen LogP contribution is 2.35. The molecule has 1 aliphatic heterocycles. The molecule has 0 aliphatic carbocycles. The van der Waals surface area contributed by atoms with E-state index >= 15 is 0 Å². The third-order valence-corrected chi connectivity index (χ3v) is 6.14. The van der Waals surface area contributed by atoms with Gasteiger partial charge in [-0.05, 0) is 51.3 Å². The normalized spacial score (nSPS) is 16.4. The highest BCUT2D eigenvalue weighted by Gasteiger charge is 2.34. The Bertz CT molecular complexity index is 851. The van der Waals surface area contributed by atoms with Crippen LogP contribution in [-0.4, -0.2) is 49.2 Å². The lowest BCUT2D eigenvalue weighted by Gasteiger charge is -2.38. The summed E-state index contributed by atoms with van der Waals surface area (Å²) < 4.78 is 13.2. The molecule has 0 spiro atoms. The average Bonchev–Trinajstić information content (AvgIpc) is 3.01. The zero-order chi connectivity index (χ0) is 21.6. The number of hydrogen-bond donors (Lipinski definition) is 2. The van der Waals surface area contributed by atoms with Crippen molar-refractivity contribution in [3.8, 4) is 5.75 Å². The number of hydrogen-bond acceptors (Lipinski definition) is 4. The van der Waals surface area contributed by atoms with Crippen LogP contribution in [0.15, 0.2) is 29.3 Å². The third kappa shape index (κ3) is 4.95. The summed E-state index contributed by atoms with van der Waals surface area (Å²) in [4.78, 5) is 4.43. The average molecular weight is 414 g/mol. The fourth-order valence-corrected chi connectivity index (χ4v) is 4.12. The summed E-state index contributed by atoms with van der Waals surface area (Å²) in [5.74, 6) is 1.71. The molecule has 1 aliphatic rings. The van der Waals surface area contributed by atoms with E-state index in [1.807, 2.05) is 32.6 Å². The molecule has 2 N–H and O–H groups in total. The van der Waals surface area contributed by atoms with E-state index in [2.05, 4.69) is 51.9 Å². The zero-order valence-electron chi connectivity index (χ0n) is 18.9. The molecule has 0 radical (unpaired) electrons. The van der Waals surface area contributed by atoms with Crippen LogP contribution in [0.4, 0.5) is 0 Å². The van der Waals surface area contributed by atoms with Gasteiger partial charge in [-0.1, -0.05) is 12.1 Å². The van der Waals surface area contributed by atoms with Gasteiger partial charge in [-0.25, -0.2) is 0 Å². The van der Waals surface area contributed by atoms with Crippen LogP contribution in [-0.2, 0) is 23.7 Å². The number of benzene rings is 1. The molecule has 164 valence electrons. The number of guanidine groups is 1. The summed E-state index contributed by atoms with van der Waals surface area (Å²) in [5, 5.41) is 11.5. The van der Waals surface area contributed by atoms with Gasteiger partial charge in [-0.15, -0.1) is 0 Å². The number of nitrogens with one attached hydrogen (secondary N) is 2. The van der Waals surface area contributed by atoms with Crippen molar-refractivity contribution in [1.82, 2.24) is 20.4 Å². The second-order valence-electron chi connectivity index (χ2n) is 7.90. The van der Waals surface area contributed by atoms with Gasteiger partial charge >= 0.3 is 0 Å². The van der Waals surface area contributed by atoms with Crippen LogP contribution in [0, 0.1) is 13.8 Å². The number of rotatable bonds is 7. The molecule has 0 atom stereocenters. The van der Waals surface area contributed by atoms with Gasteiger partial charge in [0.25, 0.3) is 0 Å². The molecule has 1 saturated heterocycles. The molecule has 0 amide bonds. The Hall–Kier alpha value is -2.54. The molecule has 2 heterocycles. The van der Waals surface area contributed by atoms with Gasteiger partial charge in [-0.2, -0.15) is 5.10 Å². The van der Waals surface area contributed by atoms with Crippen LogP contribution in [0.3, 0.4) is 0 Å². The highest BCUT2D eigenvalue weighted by atomic mass is 16.5. The zero-order valence-corrected chi connectivity index (χ0v) is 18.9. The van der Waals surface area contributed by atoms with Gasteiger partial charge in [0.15, 0.2) is 5.96 Å². The first-order chi connectivity index (χ1) is 14.5. The number of ether oxygens (including phenoxy) is 2. The summed E-state index contributed by atoms with van der Waals surface area (Å²) in [6, 6.07) is 8.52. The molecule has 2 aromatic rings. The Morgan fingerprint density at radius 3 is 2.47 bits per heavy atom. The predicted octanol–water partition coefficient (Wildman–Crippen LogP) is 2.85. The van der Waals surface area contributed by atoms with Crippen LogP contribution >= 0.6 is 0 Å². The lowest BCUT2D eigenvalue weighted by molar-refractivity contribution is 0.0513. The van der Waals surface area contributed by atoms with Gasteiger partial charge in [0.2, 0.25) is 0 Å². The number of aliphatic imine (C=N–C) groups is 1. The highest BCUT2D eigenvalue weighted by molar-refractivity contribution is 5.79. The second-order valence-corrected chi connectivity index (χ2v) is 7.90. The predicted molar refractivity (Wildman–Crippen MR) is 120 cm³/mol. The van der Waals surface area contributed by atoms with Crippen LogP contribution in [0.5, 0.6) is 5.75 Å². The first-order valence-corrected chi connectivity index (χ1v) is 10.7. The molecule has 30 heavy (non-hydrogen) atoms. The minimum atomic E-state index is 0.0146. The summed E-state index contributed by atoms with van der Waals surface area (Å²) in [5.41, 5.74) is 4.77. The van der Waals surface area contributed by atoms with Crippen molar-refractivity contribution in [2.75, 3.05) is 33.4 Å². The molecule has 1 aromatic carbocycles. The second kappa shape index (κ2) is 9.98. The van der Waals surface area contributed by atoms with E-state index in [1.54, 1.807) is 0 Å². The SMILES string of the molecule is CCOc1ccc(C2(CNC(=NC)NCc3c(C)nn(C)c3C)CCOCC2)cc1. The van der Waals surface area contributed by atoms with E-state index in [9.17, 15) is 0 Å². The molecule has 7 heteroatoms. The quantitative estimate of drug-likeness (QED) is 0.539. The maximum atomic E-state index is 5.67. The standard InChI is InChI=1S/C23H35N5O2/c1-6-30-20-9-7-19(8-10-20)23(11-13-29-14-12-23)16-26-22(24-4)25-15-21-17(2)27-28(5)18(21)3/h7-10H,6,11-16H2,1-5H3,(H2,24,25,26). The first-order valence-electron chi connectivity index (χ1n) is 10.7. The largest absolute Gasteiger partial charge is 0.494 e. The van der Waals surface area contributed by atoms with Gasteiger partial charge in [-0.3, -0.25) is 9.67 Å². The van der Waals surface area contributed by atoms with Gasteiger partial charge in [0.05, 0.1) is 12.3 Å². The molecular weight excluding hydrogens is 378 g/mol. The Kier molecular flexibility index (Phi) is 7.37. The van der Waals surface area contributed by atoms with E-state index < -0.39 is 0 Å². The Balaban J connectivity index is 1.68. The van der Waals surface area contributed by atoms with Crippen molar-refractivity contribution in [1.29, 1.82) is 0 Å². The van der Waals surface area contributed by atoms with E-state index in [4.69, 9.17) is 9.47 Å². The van der Waals surface area contributed by atoms with Gasteiger partial charge < -0.3 is 20.1 Å². The molecule has 0 unspecified atom stereocenters. The van der Waals surface area contributed by atoms with Crippen molar-refractivity contribution in [2.45, 2.75) is 45.6 Å². The fraction of sp³-hybridized carbons (Fsp3) is 0.565. The minimum absolute atomic E-state index is 0.0146. The molecule has 1 aromatic heterocycles. The topological polar surface area (TPSA) is 72.7 Å². The minimum Gasteiger partial charge on any atom is -0.494 e. The van der Waals surface area contributed by atoms with Crippen LogP contribution in [0.2, 0.25) is 0 Å². The van der Waals surface area contributed by atoms with Gasteiger partial charge in [0.1, 0.15) is 5.75 Å². The molecular formula is C23H35N5O2. The van der Waals surface area contributed by atoms with Crippen molar-refractivity contribution >= 4 is 5.96 Å². The maximum Gasteiger partial charge on any atom is 0.191 e. The molecule has 7 nitrogen and oxygen atoms in total. The van der Waals surface area contributed by atoms with Crippen molar-refractivity contribution in [2.24, 2.45) is 12.0 Å². The van der Waals surface area contributed by atoms with E-state index in [0.29, 0.717) is 13.2 Å². The van der Waals surface area contributed by atoms with E-state index in [1.165, 1.54) is 16.8 Å². The van der Waals surface area contributed by atoms with Gasteiger partial charge in [0, 0.05) is 57.1 Å². The monoisotopic (exact) mass is 413 g/mol. The van der Waals surface area contributed by atoms with Crippen LogP contribution < -0.4 is 15.4 Å². The maximum absolute atomic E-state index is 5.67. The molecule has 1 fully saturated rings. The van der Waals surface area contributed by atoms with Crippen molar-refractivity contribution in [3.05, 3.63) is 46.8 Å². The number of aromatic nitrogens is 2. The summed E-state index contributed by atoms with van der Waals surface area (Å²) in [6.45, 7) is 9.87. The smallest absolute Gasteiger partial charge is 0.191 e. The lowest BCUT2D eigenvalue weighted by atomic mass is 9.74. The Morgan fingerprint density at radius 2 is 1.90 bits per heavy atom. The molecule has 3 rings (SSSR count). The summed E-state index contributed by atoms with van der Waals surface area (Å²) in [6.07, 6.45) is 1.96. The summed E-state index contributed by atoms with van der Waals surface area (Å²) in [7, 11) is 3.79. The van der Waals surface area contributed by atoms with Crippen LogP contribution in [0.1, 0.15) is 42.3 Å². The Morgan fingerprint density at radius 1 is 1.20 bits per heavy atom. The van der Waals surface area contributed by atoms with Crippen molar-refractivity contribution < 1.29 is 9.47 Å². The number of aryl methyl sites for hydroxylation is 2. The lowest BCUT2D eigenvalue weighted by Crippen LogP contribution is -2.48. The summed E-state index contributed by atoms with van der Waals surface area (Å²) >= 11 is 0. The van der Waals surface area contributed by atoms with E-state index in [0.717, 1.165) is 50.0 Å².